The first-order valence-electron chi connectivity index (χ1n) is 6.38. The molecule has 0 unspecified atom stereocenters. The van der Waals surface area contributed by atoms with E-state index in [2.05, 4.69) is 10.6 Å². The number of benzene rings is 1. The number of hydrogen-bond acceptors (Lipinski definition) is 3. The molecule has 0 aliphatic heterocycles. The Bertz CT molecular complexity index is 699. The Kier molecular flexibility index (Phi) is 4.74. The lowest BCUT2D eigenvalue weighted by molar-refractivity contribution is 0.0698. The summed E-state index contributed by atoms with van der Waals surface area (Å²) in [7, 11) is 0. The van der Waals surface area contributed by atoms with Gasteiger partial charge in [-0.15, -0.1) is 0 Å². The molecule has 8 heteroatoms. The second-order valence-corrected chi connectivity index (χ2v) is 4.38. The number of nitrogens with zero attached hydrogens (tertiary/aromatic N) is 1. The van der Waals surface area contributed by atoms with E-state index in [-0.39, 0.29) is 24.4 Å². The minimum Gasteiger partial charge on any atom is -0.478 e. The molecule has 0 radical (unpaired) electrons. The fraction of sp³-hybridized carbons (Fsp3) is 0.143. The highest BCUT2D eigenvalue weighted by Gasteiger charge is 2.16. The van der Waals surface area contributed by atoms with E-state index in [1.165, 1.54) is 35.2 Å². The quantitative estimate of drug-likeness (QED) is 0.671. The first-order chi connectivity index (χ1) is 10.5. The Balaban J connectivity index is 2.30. The van der Waals surface area contributed by atoms with E-state index >= 15 is 0 Å². The van der Waals surface area contributed by atoms with Crippen molar-refractivity contribution in [3.8, 4) is 5.69 Å². The van der Waals surface area contributed by atoms with Gasteiger partial charge in [0, 0.05) is 24.6 Å². The van der Waals surface area contributed by atoms with Crippen LogP contribution < -0.4 is 10.6 Å². The van der Waals surface area contributed by atoms with Crippen LogP contribution in [0.2, 0.25) is 0 Å². The molecule has 0 aliphatic rings. The monoisotopic (exact) mass is 307 g/mol. The number of carboxylic acid groups (broad SMARTS) is 1. The lowest BCUT2D eigenvalue weighted by Crippen LogP contribution is -2.31. The summed E-state index contributed by atoms with van der Waals surface area (Å²) in [5.74, 6) is -1.69. The minimum atomic E-state index is -1.23. The van der Waals surface area contributed by atoms with Crippen LogP contribution in [0.4, 0.5) is 14.9 Å². The summed E-state index contributed by atoms with van der Waals surface area (Å²) in [5, 5.41) is 22.5. The van der Waals surface area contributed by atoms with Crippen molar-refractivity contribution in [2.24, 2.45) is 0 Å². The number of nitrogens with one attached hydrogen (secondary N) is 2. The molecule has 2 amide bonds. The van der Waals surface area contributed by atoms with Crippen molar-refractivity contribution in [2.75, 3.05) is 18.5 Å². The number of aromatic carboxylic acids is 1. The normalized spacial score (nSPS) is 10.3. The first kappa shape index (κ1) is 15.5. The molecule has 0 fully saturated rings. The molecule has 0 bridgehead atoms. The van der Waals surface area contributed by atoms with Gasteiger partial charge in [-0.05, 0) is 18.2 Å². The molecule has 4 N–H and O–H groups in total. The van der Waals surface area contributed by atoms with Crippen molar-refractivity contribution in [3.05, 3.63) is 48.0 Å². The highest BCUT2D eigenvalue weighted by molar-refractivity contribution is 6.00. The SMILES string of the molecule is O=C(NCCO)Nc1cn(-c2cccc(F)c2)cc1C(=O)O. The number of halogens is 1. The number of aromatic nitrogens is 1. The van der Waals surface area contributed by atoms with E-state index in [1.54, 1.807) is 6.07 Å². The highest BCUT2D eigenvalue weighted by atomic mass is 19.1. The van der Waals surface area contributed by atoms with Crippen molar-refractivity contribution in [3.63, 3.8) is 0 Å². The third kappa shape index (κ3) is 3.61. The Morgan fingerprint density at radius 2 is 2.05 bits per heavy atom. The molecule has 2 aromatic rings. The summed E-state index contributed by atoms with van der Waals surface area (Å²) >= 11 is 0. The number of hydrogen-bond donors (Lipinski definition) is 4. The zero-order valence-corrected chi connectivity index (χ0v) is 11.4. The Morgan fingerprint density at radius 1 is 1.27 bits per heavy atom. The topological polar surface area (TPSA) is 104 Å². The Hall–Kier alpha value is -2.87. The van der Waals surface area contributed by atoms with Gasteiger partial charge in [-0.1, -0.05) is 6.07 Å². The molecule has 0 saturated heterocycles. The molecule has 0 spiro atoms. The number of aliphatic hydroxyl groups is 1. The average Bonchev–Trinajstić information content (AvgIpc) is 2.89. The van der Waals surface area contributed by atoms with Gasteiger partial charge in [-0.3, -0.25) is 0 Å². The van der Waals surface area contributed by atoms with Crippen LogP contribution >= 0.6 is 0 Å². The number of carbonyl (C=O) groups is 2. The van der Waals surface area contributed by atoms with Crippen molar-refractivity contribution in [1.82, 2.24) is 9.88 Å². The van der Waals surface area contributed by atoms with Crippen LogP contribution in [-0.4, -0.2) is 39.9 Å². The van der Waals surface area contributed by atoms with E-state index < -0.39 is 17.8 Å². The summed E-state index contributed by atoms with van der Waals surface area (Å²) < 4.78 is 14.6. The van der Waals surface area contributed by atoms with Gasteiger partial charge in [0.1, 0.15) is 11.4 Å². The van der Waals surface area contributed by atoms with Gasteiger partial charge >= 0.3 is 12.0 Å². The van der Waals surface area contributed by atoms with Gasteiger partial charge < -0.3 is 25.4 Å². The van der Waals surface area contributed by atoms with Crippen molar-refractivity contribution < 1.29 is 24.2 Å². The third-order valence-electron chi connectivity index (χ3n) is 2.81. The molecule has 0 aliphatic carbocycles. The van der Waals surface area contributed by atoms with E-state index in [9.17, 15) is 19.1 Å². The molecule has 0 saturated carbocycles. The van der Waals surface area contributed by atoms with E-state index in [1.807, 2.05) is 0 Å². The van der Waals surface area contributed by atoms with Gasteiger partial charge in [0.05, 0.1) is 12.3 Å². The summed E-state index contributed by atoms with van der Waals surface area (Å²) in [4.78, 5) is 22.8. The van der Waals surface area contributed by atoms with Gasteiger partial charge in [0.25, 0.3) is 0 Å². The zero-order valence-electron chi connectivity index (χ0n) is 11.4. The van der Waals surface area contributed by atoms with E-state index in [4.69, 9.17) is 5.11 Å². The lowest BCUT2D eigenvalue weighted by Gasteiger charge is -2.05. The van der Waals surface area contributed by atoms with E-state index in [0.717, 1.165) is 0 Å². The lowest BCUT2D eigenvalue weighted by atomic mass is 10.3. The molecule has 7 nitrogen and oxygen atoms in total. The molecule has 0 atom stereocenters. The summed E-state index contributed by atoms with van der Waals surface area (Å²) in [5.41, 5.74) is 0.349. The number of anilines is 1. The number of amides is 2. The molecule has 116 valence electrons. The molecular formula is C14H14FN3O4. The van der Waals surface area contributed by atoms with Gasteiger partial charge in [0.2, 0.25) is 0 Å². The molecule has 22 heavy (non-hydrogen) atoms. The van der Waals surface area contributed by atoms with E-state index in [0.29, 0.717) is 5.69 Å². The summed E-state index contributed by atoms with van der Waals surface area (Å²) in [6.07, 6.45) is 2.65. The number of urea groups is 1. The van der Waals surface area contributed by atoms with Crippen LogP contribution in [0.25, 0.3) is 5.69 Å². The number of rotatable bonds is 5. The maximum Gasteiger partial charge on any atom is 0.339 e. The second-order valence-electron chi connectivity index (χ2n) is 4.38. The number of aliphatic hydroxyl groups excluding tert-OH is 1. The van der Waals surface area contributed by atoms with Crippen molar-refractivity contribution in [1.29, 1.82) is 0 Å². The fourth-order valence-electron chi connectivity index (χ4n) is 1.85. The minimum absolute atomic E-state index is 0.0405. The molecule has 1 aromatic carbocycles. The van der Waals surface area contributed by atoms with Gasteiger partial charge in [-0.25, -0.2) is 14.0 Å². The van der Waals surface area contributed by atoms with Crippen LogP contribution in [0.1, 0.15) is 10.4 Å². The van der Waals surface area contributed by atoms with Gasteiger partial charge in [0.15, 0.2) is 0 Å². The highest BCUT2D eigenvalue weighted by Crippen LogP contribution is 2.21. The number of carbonyl (C=O) groups excluding carboxylic acids is 1. The standard InChI is InChI=1S/C14H14FN3O4/c15-9-2-1-3-10(6-9)18-7-11(13(20)21)12(8-18)17-14(22)16-4-5-19/h1-3,6-8,19H,4-5H2,(H,20,21)(H2,16,17,22). The van der Waals surface area contributed by atoms with Crippen LogP contribution in [0.5, 0.6) is 0 Å². The fourth-order valence-corrected chi connectivity index (χ4v) is 1.85. The second kappa shape index (κ2) is 6.72. The van der Waals surface area contributed by atoms with Crippen LogP contribution in [-0.2, 0) is 0 Å². The van der Waals surface area contributed by atoms with Crippen molar-refractivity contribution >= 4 is 17.7 Å². The Labute approximate surface area is 125 Å². The third-order valence-corrected chi connectivity index (χ3v) is 2.81. The largest absolute Gasteiger partial charge is 0.478 e. The number of carboxylic acids is 1. The molecule has 1 aromatic heterocycles. The predicted molar refractivity (Wildman–Crippen MR) is 76.8 cm³/mol. The first-order valence-corrected chi connectivity index (χ1v) is 6.38. The van der Waals surface area contributed by atoms with Crippen molar-refractivity contribution in [2.45, 2.75) is 0 Å². The zero-order chi connectivity index (χ0) is 16.1. The molecule has 2 rings (SSSR count). The summed E-state index contributed by atoms with van der Waals surface area (Å²) in [6, 6.07) is 4.96. The maximum atomic E-state index is 13.2. The summed E-state index contributed by atoms with van der Waals surface area (Å²) in [6.45, 7) is -0.192. The maximum absolute atomic E-state index is 13.2. The Morgan fingerprint density at radius 3 is 2.68 bits per heavy atom. The smallest absolute Gasteiger partial charge is 0.339 e. The average molecular weight is 307 g/mol. The van der Waals surface area contributed by atoms with Crippen LogP contribution in [0.15, 0.2) is 36.7 Å². The molecule has 1 heterocycles. The van der Waals surface area contributed by atoms with Gasteiger partial charge in [-0.2, -0.15) is 0 Å². The van der Waals surface area contributed by atoms with Crippen LogP contribution in [0.3, 0.4) is 0 Å². The van der Waals surface area contributed by atoms with Crippen LogP contribution in [0, 0.1) is 5.82 Å². The predicted octanol–water partition coefficient (Wildman–Crippen LogP) is 1.43. The molecular weight excluding hydrogens is 293 g/mol.